The lowest BCUT2D eigenvalue weighted by molar-refractivity contribution is -0.131. The molecule has 0 bridgehead atoms. The van der Waals surface area contributed by atoms with Gasteiger partial charge in [0, 0.05) is 18.7 Å². The third-order valence-corrected chi connectivity index (χ3v) is 3.81. The van der Waals surface area contributed by atoms with Gasteiger partial charge in [-0.05, 0) is 48.4 Å². The Morgan fingerprint density at radius 3 is 2.71 bits per heavy atom. The minimum absolute atomic E-state index is 0.615. The Morgan fingerprint density at radius 1 is 1.29 bits per heavy atom. The highest BCUT2D eigenvalue weighted by Gasteiger charge is 2.11. The molecule has 122 valence electrons. The predicted octanol–water partition coefficient (Wildman–Crippen LogP) is 3.34. The van der Waals surface area contributed by atoms with Crippen LogP contribution in [0.5, 0.6) is 5.75 Å². The van der Waals surface area contributed by atoms with Gasteiger partial charge in [-0.15, -0.1) is 0 Å². The van der Waals surface area contributed by atoms with Crippen LogP contribution in [0.3, 0.4) is 0 Å². The van der Waals surface area contributed by atoms with Crippen LogP contribution in [-0.2, 0) is 11.2 Å². The van der Waals surface area contributed by atoms with E-state index in [1.54, 1.807) is 13.2 Å². The Balaban J connectivity index is 2.04. The van der Waals surface area contributed by atoms with Crippen molar-refractivity contribution in [3.8, 4) is 5.75 Å². The van der Waals surface area contributed by atoms with Gasteiger partial charge in [-0.1, -0.05) is 12.1 Å². The van der Waals surface area contributed by atoms with Crippen molar-refractivity contribution in [1.82, 2.24) is 9.38 Å². The zero-order valence-electron chi connectivity index (χ0n) is 13.6. The molecule has 1 aromatic carbocycles. The number of hydrogen-bond acceptors (Lipinski definition) is 3. The van der Waals surface area contributed by atoms with Crippen LogP contribution in [0.4, 0.5) is 0 Å². The summed E-state index contributed by atoms with van der Waals surface area (Å²) in [6.45, 7) is 2.00. The number of rotatable bonds is 5. The fourth-order valence-electron chi connectivity index (χ4n) is 2.61. The van der Waals surface area contributed by atoms with Gasteiger partial charge in [0.25, 0.3) is 0 Å². The molecule has 0 saturated heterocycles. The van der Waals surface area contributed by atoms with E-state index in [1.165, 1.54) is 0 Å². The number of imidazole rings is 1. The fraction of sp³-hybridized carbons (Fsp3) is 0.158. The van der Waals surface area contributed by atoms with E-state index in [2.05, 4.69) is 4.98 Å². The smallest absolute Gasteiger partial charge is 0.328 e. The minimum atomic E-state index is -0.979. The van der Waals surface area contributed by atoms with Crippen molar-refractivity contribution >= 4 is 17.7 Å². The molecule has 2 heterocycles. The molecule has 0 unspecified atom stereocenters. The largest absolute Gasteiger partial charge is 0.497 e. The monoisotopic (exact) mass is 322 g/mol. The molecule has 3 aromatic rings. The quantitative estimate of drug-likeness (QED) is 0.732. The summed E-state index contributed by atoms with van der Waals surface area (Å²) in [4.78, 5) is 15.6. The van der Waals surface area contributed by atoms with E-state index in [0.29, 0.717) is 6.42 Å². The molecular formula is C19H18N2O3. The molecule has 0 aliphatic rings. The Morgan fingerprint density at radius 2 is 2.04 bits per heavy atom. The molecule has 5 nitrogen and oxygen atoms in total. The number of nitrogens with zero attached hydrogens (tertiary/aromatic N) is 2. The number of hydrogen-bond donors (Lipinski definition) is 1. The van der Waals surface area contributed by atoms with Crippen LogP contribution < -0.4 is 4.74 Å². The van der Waals surface area contributed by atoms with Crippen molar-refractivity contribution in [3.63, 3.8) is 0 Å². The van der Waals surface area contributed by atoms with Gasteiger partial charge in [0.1, 0.15) is 11.4 Å². The van der Waals surface area contributed by atoms with Crippen molar-refractivity contribution in [2.75, 3.05) is 7.11 Å². The normalized spacial score (nSPS) is 11.2. The summed E-state index contributed by atoms with van der Waals surface area (Å²) in [5, 5.41) is 8.94. The Labute approximate surface area is 139 Å². The summed E-state index contributed by atoms with van der Waals surface area (Å²) in [5.74, 6) is -0.178. The first-order valence-corrected chi connectivity index (χ1v) is 7.58. The summed E-state index contributed by atoms with van der Waals surface area (Å²) in [5.41, 5.74) is 4.62. The highest BCUT2D eigenvalue weighted by Crippen LogP contribution is 2.20. The molecule has 0 saturated carbocycles. The van der Waals surface area contributed by atoms with Crippen LogP contribution in [-0.4, -0.2) is 27.6 Å². The second-order valence-corrected chi connectivity index (χ2v) is 5.57. The molecule has 5 heteroatoms. The third kappa shape index (κ3) is 3.30. The molecule has 3 rings (SSSR count). The Hall–Kier alpha value is -3.08. The molecule has 0 atom stereocenters. The number of aromatic nitrogens is 2. The van der Waals surface area contributed by atoms with Crippen LogP contribution in [0.15, 0.2) is 48.7 Å². The summed E-state index contributed by atoms with van der Waals surface area (Å²) < 4.78 is 7.08. The van der Waals surface area contributed by atoms with Gasteiger partial charge >= 0.3 is 5.97 Å². The first-order valence-electron chi connectivity index (χ1n) is 7.58. The van der Waals surface area contributed by atoms with E-state index >= 15 is 0 Å². The maximum absolute atomic E-state index is 10.9. The Kier molecular flexibility index (Phi) is 4.33. The van der Waals surface area contributed by atoms with E-state index in [0.717, 1.165) is 40.0 Å². The SMILES string of the molecule is COc1ccc(Cc2nc3cc(C)ccn3c2/C=C/C(=O)O)cc1. The number of pyridine rings is 1. The van der Waals surface area contributed by atoms with Crippen LogP contribution in [0.25, 0.3) is 11.7 Å². The zero-order valence-corrected chi connectivity index (χ0v) is 13.6. The van der Waals surface area contributed by atoms with Gasteiger partial charge in [0.2, 0.25) is 0 Å². The van der Waals surface area contributed by atoms with Crippen LogP contribution in [0.1, 0.15) is 22.5 Å². The minimum Gasteiger partial charge on any atom is -0.497 e. The number of carboxylic acid groups (broad SMARTS) is 1. The van der Waals surface area contributed by atoms with Crippen LogP contribution in [0, 0.1) is 6.92 Å². The topological polar surface area (TPSA) is 63.8 Å². The summed E-state index contributed by atoms with van der Waals surface area (Å²) in [6.07, 6.45) is 5.26. The maximum Gasteiger partial charge on any atom is 0.328 e. The van der Waals surface area contributed by atoms with E-state index in [4.69, 9.17) is 9.84 Å². The van der Waals surface area contributed by atoms with E-state index < -0.39 is 5.97 Å². The molecule has 0 aliphatic heterocycles. The van der Waals surface area contributed by atoms with Gasteiger partial charge < -0.3 is 9.84 Å². The average Bonchev–Trinajstić information content (AvgIpc) is 2.89. The molecule has 0 radical (unpaired) electrons. The lowest BCUT2D eigenvalue weighted by Crippen LogP contribution is -1.95. The molecule has 0 aliphatic carbocycles. The number of benzene rings is 1. The van der Waals surface area contributed by atoms with E-state index in [9.17, 15) is 4.79 Å². The second kappa shape index (κ2) is 6.58. The molecule has 24 heavy (non-hydrogen) atoms. The first kappa shape index (κ1) is 15.8. The number of fused-ring (bicyclic) bond motifs is 1. The number of ether oxygens (including phenoxy) is 1. The summed E-state index contributed by atoms with van der Waals surface area (Å²) in [6, 6.07) is 11.7. The molecule has 0 fully saturated rings. The average molecular weight is 322 g/mol. The zero-order chi connectivity index (χ0) is 17.1. The third-order valence-electron chi connectivity index (χ3n) is 3.81. The van der Waals surface area contributed by atoms with Gasteiger partial charge in [-0.3, -0.25) is 4.40 Å². The number of carbonyl (C=O) groups is 1. The van der Waals surface area contributed by atoms with Crippen molar-refractivity contribution in [1.29, 1.82) is 0 Å². The molecular weight excluding hydrogens is 304 g/mol. The van der Waals surface area contributed by atoms with Crippen LogP contribution in [0.2, 0.25) is 0 Å². The highest BCUT2D eigenvalue weighted by molar-refractivity contribution is 5.85. The fourth-order valence-corrected chi connectivity index (χ4v) is 2.61. The van der Waals surface area contributed by atoms with Gasteiger partial charge in [-0.25, -0.2) is 9.78 Å². The van der Waals surface area contributed by atoms with Crippen molar-refractivity contribution in [3.05, 3.63) is 71.2 Å². The van der Waals surface area contributed by atoms with Crippen LogP contribution >= 0.6 is 0 Å². The molecule has 2 aromatic heterocycles. The standard InChI is InChI=1S/C19H18N2O3/c1-13-9-10-21-17(7-8-19(22)23)16(20-18(21)11-13)12-14-3-5-15(24-2)6-4-14/h3-11H,12H2,1-2H3,(H,22,23)/b8-7+. The second-order valence-electron chi connectivity index (χ2n) is 5.57. The molecule has 0 spiro atoms. The van der Waals surface area contributed by atoms with Crippen molar-refractivity contribution in [2.24, 2.45) is 0 Å². The van der Waals surface area contributed by atoms with E-state index in [-0.39, 0.29) is 0 Å². The maximum atomic E-state index is 10.9. The van der Waals surface area contributed by atoms with Crippen molar-refractivity contribution in [2.45, 2.75) is 13.3 Å². The van der Waals surface area contributed by atoms with Gasteiger partial charge in [0.05, 0.1) is 18.5 Å². The van der Waals surface area contributed by atoms with Crippen molar-refractivity contribution < 1.29 is 14.6 Å². The Bertz CT molecular complexity index is 908. The van der Waals surface area contributed by atoms with Gasteiger partial charge in [0.15, 0.2) is 0 Å². The predicted molar refractivity (Wildman–Crippen MR) is 92.4 cm³/mol. The number of aryl methyl sites for hydroxylation is 1. The van der Waals surface area contributed by atoms with E-state index in [1.807, 2.05) is 53.9 Å². The van der Waals surface area contributed by atoms with Gasteiger partial charge in [-0.2, -0.15) is 0 Å². The first-order chi connectivity index (χ1) is 11.6. The lowest BCUT2D eigenvalue weighted by Gasteiger charge is -2.03. The molecule has 0 amide bonds. The highest BCUT2D eigenvalue weighted by atomic mass is 16.5. The number of carboxylic acids is 1. The summed E-state index contributed by atoms with van der Waals surface area (Å²) >= 11 is 0. The summed E-state index contributed by atoms with van der Waals surface area (Å²) in [7, 11) is 1.63. The lowest BCUT2D eigenvalue weighted by atomic mass is 10.1. The number of aliphatic carboxylic acids is 1. The molecule has 1 N–H and O–H groups in total. The number of methoxy groups -OCH3 is 1.